The number of rotatable bonds is 5. The fourth-order valence-electron chi connectivity index (χ4n) is 1.52. The highest BCUT2D eigenvalue weighted by Crippen LogP contribution is 2.29. The Bertz CT molecular complexity index is 450. The van der Waals surface area contributed by atoms with Gasteiger partial charge in [0, 0.05) is 12.0 Å². The van der Waals surface area contributed by atoms with Crippen molar-refractivity contribution in [3.63, 3.8) is 0 Å². The van der Waals surface area contributed by atoms with Crippen LogP contribution in [0.4, 0.5) is 5.82 Å². The molecule has 0 atom stereocenters. The maximum atomic E-state index is 11.5. The molecule has 0 aromatic carbocycles. The van der Waals surface area contributed by atoms with Gasteiger partial charge in [-0.2, -0.15) is 0 Å². The summed E-state index contributed by atoms with van der Waals surface area (Å²) < 4.78 is 1.40. The van der Waals surface area contributed by atoms with Crippen LogP contribution >= 0.6 is 0 Å². The van der Waals surface area contributed by atoms with Gasteiger partial charge in [0.15, 0.2) is 5.82 Å². The standard InChI is InChI=1S/C11H17N5O2/c1-7(2)12-10(17)6-16-5-9(14-15-16)13-11(18)8-3-4-8/h5,7-8H,3-4,6H2,1-2H3,(H,12,17)(H,13,18). The van der Waals surface area contributed by atoms with Gasteiger partial charge < -0.3 is 10.6 Å². The average Bonchev–Trinajstić information content (AvgIpc) is 3.02. The van der Waals surface area contributed by atoms with Gasteiger partial charge in [0.05, 0.1) is 6.20 Å². The van der Waals surface area contributed by atoms with Gasteiger partial charge in [0.25, 0.3) is 0 Å². The Morgan fingerprint density at radius 1 is 1.50 bits per heavy atom. The molecule has 18 heavy (non-hydrogen) atoms. The second-order valence-corrected chi connectivity index (χ2v) is 4.79. The van der Waals surface area contributed by atoms with Crippen LogP contribution in [-0.4, -0.2) is 32.9 Å². The fraction of sp³-hybridized carbons (Fsp3) is 0.636. The van der Waals surface area contributed by atoms with Gasteiger partial charge in [0.1, 0.15) is 6.54 Å². The lowest BCUT2D eigenvalue weighted by molar-refractivity contribution is -0.122. The van der Waals surface area contributed by atoms with Crippen LogP contribution in [0.2, 0.25) is 0 Å². The van der Waals surface area contributed by atoms with Crippen LogP contribution in [0.15, 0.2) is 6.20 Å². The second kappa shape index (κ2) is 5.16. The maximum Gasteiger partial charge on any atom is 0.241 e. The molecule has 1 heterocycles. The van der Waals surface area contributed by atoms with E-state index >= 15 is 0 Å². The van der Waals surface area contributed by atoms with E-state index in [0.717, 1.165) is 12.8 Å². The Kier molecular flexibility index (Phi) is 3.59. The second-order valence-electron chi connectivity index (χ2n) is 4.79. The molecule has 0 saturated heterocycles. The van der Waals surface area contributed by atoms with Crippen molar-refractivity contribution >= 4 is 17.6 Å². The summed E-state index contributed by atoms with van der Waals surface area (Å²) in [4.78, 5) is 23.0. The topological polar surface area (TPSA) is 88.9 Å². The van der Waals surface area contributed by atoms with Crippen molar-refractivity contribution in [2.24, 2.45) is 5.92 Å². The van der Waals surface area contributed by atoms with Gasteiger partial charge in [-0.3, -0.25) is 9.59 Å². The van der Waals surface area contributed by atoms with Crippen molar-refractivity contribution in [2.75, 3.05) is 5.32 Å². The Labute approximate surface area is 105 Å². The third-order valence-corrected chi connectivity index (χ3v) is 2.49. The van der Waals surface area contributed by atoms with E-state index in [4.69, 9.17) is 0 Å². The summed E-state index contributed by atoms with van der Waals surface area (Å²) in [6, 6.07) is 0.0926. The maximum absolute atomic E-state index is 11.5. The highest BCUT2D eigenvalue weighted by Gasteiger charge is 2.30. The zero-order valence-electron chi connectivity index (χ0n) is 10.5. The molecule has 1 saturated carbocycles. The first-order chi connectivity index (χ1) is 8.54. The summed E-state index contributed by atoms with van der Waals surface area (Å²) in [5, 5.41) is 13.0. The van der Waals surface area contributed by atoms with Crippen LogP contribution in [-0.2, 0) is 16.1 Å². The van der Waals surface area contributed by atoms with E-state index in [0.29, 0.717) is 5.82 Å². The van der Waals surface area contributed by atoms with Crippen LogP contribution in [0.5, 0.6) is 0 Å². The van der Waals surface area contributed by atoms with Crippen molar-refractivity contribution < 1.29 is 9.59 Å². The SMILES string of the molecule is CC(C)NC(=O)Cn1cc(NC(=O)C2CC2)nn1. The number of carbonyl (C=O) groups is 2. The number of hydrogen-bond donors (Lipinski definition) is 2. The van der Waals surface area contributed by atoms with Gasteiger partial charge in [-0.25, -0.2) is 4.68 Å². The minimum atomic E-state index is -0.130. The monoisotopic (exact) mass is 251 g/mol. The van der Waals surface area contributed by atoms with Gasteiger partial charge in [-0.15, -0.1) is 5.10 Å². The highest BCUT2D eigenvalue weighted by atomic mass is 16.2. The van der Waals surface area contributed by atoms with Crippen LogP contribution in [0.1, 0.15) is 26.7 Å². The van der Waals surface area contributed by atoms with Gasteiger partial charge in [0.2, 0.25) is 11.8 Å². The average molecular weight is 251 g/mol. The number of nitrogens with zero attached hydrogens (tertiary/aromatic N) is 3. The van der Waals surface area contributed by atoms with Crippen LogP contribution < -0.4 is 10.6 Å². The van der Waals surface area contributed by atoms with Crippen molar-refractivity contribution in [2.45, 2.75) is 39.3 Å². The molecule has 0 radical (unpaired) electrons. The van der Waals surface area contributed by atoms with Crippen molar-refractivity contribution in [1.29, 1.82) is 0 Å². The van der Waals surface area contributed by atoms with E-state index in [-0.39, 0.29) is 30.3 Å². The molecule has 2 amide bonds. The van der Waals surface area contributed by atoms with Crippen molar-refractivity contribution in [3.05, 3.63) is 6.20 Å². The lowest BCUT2D eigenvalue weighted by Gasteiger charge is -2.07. The molecule has 2 rings (SSSR count). The molecule has 1 aliphatic carbocycles. The largest absolute Gasteiger partial charge is 0.352 e. The normalized spacial score (nSPS) is 14.6. The van der Waals surface area contributed by atoms with E-state index in [2.05, 4.69) is 20.9 Å². The van der Waals surface area contributed by atoms with Gasteiger partial charge in [-0.05, 0) is 26.7 Å². The highest BCUT2D eigenvalue weighted by molar-refractivity contribution is 5.93. The van der Waals surface area contributed by atoms with Crippen molar-refractivity contribution in [3.8, 4) is 0 Å². The molecule has 7 nitrogen and oxygen atoms in total. The molecule has 0 bridgehead atoms. The fourth-order valence-corrected chi connectivity index (χ4v) is 1.52. The van der Waals surface area contributed by atoms with Gasteiger partial charge >= 0.3 is 0 Å². The zero-order chi connectivity index (χ0) is 13.1. The molecule has 0 unspecified atom stereocenters. The van der Waals surface area contributed by atoms with E-state index in [9.17, 15) is 9.59 Å². The molecule has 2 N–H and O–H groups in total. The molecule has 98 valence electrons. The minimum absolute atomic E-state index is 0.0197. The quantitative estimate of drug-likeness (QED) is 0.779. The predicted molar refractivity (Wildman–Crippen MR) is 64.7 cm³/mol. The molecule has 1 aromatic rings. The predicted octanol–water partition coefficient (Wildman–Crippen LogP) is 0.151. The first-order valence-corrected chi connectivity index (χ1v) is 6.05. The summed E-state index contributed by atoms with van der Waals surface area (Å²) >= 11 is 0. The Morgan fingerprint density at radius 2 is 2.22 bits per heavy atom. The first-order valence-electron chi connectivity index (χ1n) is 6.05. The van der Waals surface area contributed by atoms with Crippen LogP contribution in [0.3, 0.4) is 0 Å². The van der Waals surface area contributed by atoms with Crippen LogP contribution in [0, 0.1) is 5.92 Å². The summed E-state index contributed by atoms with van der Waals surface area (Å²) in [6.45, 7) is 3.88. The summed E-state index contributed by atoms with van der Waals surface area (Å²) in [6.07, 6.45) is 3.44. The number of amides is 2. The van der Waals surface area contributed by atoms with Crippen molar-refractivity contribution in [1.82, 2.24) is 20.3 Å². The number of carbonyl (C=O) groups excluding carboxylic acids is 2. The number of nitrogens with one attached hydrogen (secondary N) is 2. The first kappa shape index (κ1) is 12.5. The molecule has 1 fully saturated rings. The molecule has 1 aromatic heterocycles. The number of anilines is 1. The number of hydrogen-bond acceptors (Lipinski definition) is 4. The Balaban J connectivity index is 1.85. The summed E-state index contributed by atoms with van der Waals surface area (Å²) in [5.74, 6) is 0.368. The summed E-state index contributed by atoms with van der Waals surface area (Å²) in [7, 11) is 0. The van der Waals surface area contributed by atoms with E-state index < -0.39 is 0 Å². The summed E-state index contributed by atoms with van der Waals surface area (Å²) in [5.41, 5.74) is 0. The molecular formula is C11H17N5O2. The third kappa shape index (κ3) is 3.54. The third-order valence-electron chi connectivity index (χ3n) is 2.49. The number of aromatic nitrogens is 3. The lowest BCUT2D eigenvalue weighted by Crippen LogP contribution is -2.33. The minimum Gasteiger partial charge on any atom is -0.352 e. The zero-order valence-corrected chi connectivity index (χ0v) is 10.5. The molecule has 0 spiro atoms. The van der Waals surface area contributed by atoms with E-state index in [1.165, 1.54) is 4.68 Å². The van der Waals surface area contributed by atoms with Crippen LogP contribution in [0.25, 0.3) is 0 Å². The molecular weight excluding hydrogens is 234 g/mol. The smallest absolute Gasteiger partial charge is 0.241 e. The molecule has 1 aliphatic rings. The van der Waals surface area contributed by atoms with Gasteiger partial charge in [-0.1, -0.05) is 5.21 Å². The lowest BCUT2D eigenvalue weighted by atomic mass is 10.4. The molecule has 7 heteroatoms. The van der Waals surface area contributed by atoms with E-state index in [1.807, 2.05) is 13.8 Å². The Morgan fingerprint density at radius 3 is 2.83 bits per heavy atom. The molecule has 0 aliphatic heterocycles. The van der Waals surface area contributed by atoms with E-state index in [1.54, 1.807) is 6.20 Å². The Hall–Kier alpha value is -1.92.